The summed E-state index contributed by atoms with van der Waals surface area (Å²) in [5.41, 5.74) is 2.30. The van der Waals surface area contributed by atoms with E-state index in [9.17, 15) is 18.0 Å². The van der Waals surface area contributed by atoms with Crippen LogP contribution in [0.4, 0.5) is 18.9 Å². The summed E-state index contributed by atoms with van der Waals surface area (Å²) in [6.45, 7) is 1.81. The fourth-order valence-electron chi connectivity index (χ4n) is 3.55. The molecule has 11 heteroatoms. The Kier molecular flexibility index (Phi) is 6.99. The molecule has 3 aliphatic heterocycles. The fraction of sp³-hybridized carbons (Fsp3) is 0.364. The van der Waals surface area contributed by atoms with Crippen LogP contribution < -0.4 is 20.7 Å². The predicted octanol–water partition coefficient (Wildman–Crippen LogP) is 2.97. The molecule has 33 heavy (non-hydrogen) atoms. The van der Waals surface area contributed by atoms with Crippen LogP contribution in [0.3, 0.4) is 0 Å². The minimum Gasteiger partial charge on any atom is -0.406 e. The molecular formula is C22H23F3N4O4. The van der Waals surface area contributed by atoms with Gasteiger partial charge in [0.1, 0.15) is 5.75 Å². The molecule has 1 unspecified atom stereocenters. The van der Waals surface area contributed by atoms with Crippen molar-refractivity contribution in [2.24, 2.45) is 4.99 Å². The summed E-state index contributed by atoms with van der Waals surface area (Å²) in [6, 6.07) is 4.93. The van der Waals surface area contributed by atoms with E-state index in [-0.39, 0.29) is 11.9 Å². The number of anilines is 1. The highest BCUT2D eigenvalue weighted by Crippen LogP contribution is 2.27. The zero-order chi connectivity index (χ0) is 23.3. The number of carbonyl (C=O) groups excluding carboxylic acids is 1. The number of nitrogens with one attached hydrogen (secondary N) is 3. The van der Waals surface area contributed by atoms with E-state index in [1.807, 2.05) is 0 Å². The second kappa shape index (κ2) is 10.1. The Hall–Kier alpha value is -3.31. The SMILES string of the molecule is O=C(Nc1ccc(OC(F)(F)F)cc1)C1=CNC(OC2CCOCC2)C(C2=CN=CNC2)=C1. The molecule has 1 fully saturated rings. The number of nitrogens with zero attached hydrogens (tertiary/aromatic N) is 1. The van der Waals surface area contributed by atoms with Crippen LogP contribution in [-0.2, 0) is 14.3 Å². The second-order valence-corrected chi connectivity index (χ2v) is 7.53. The normalized spacial score (nSPS) is 21.2. The van der Waals surface area contributed by atoms with E-state index in [2.05, 4.69) is 25.7 Å². The number of amides is 1. The van der Waals surface area contributed by atoms with Gasteiger partial charge >= 0.3 is 6.36 Å². The summed E-state index contributed by atoms with van der Waals surface area (Å²) in [4.78, 5) is 16.9. The first-order valence-corrected chi connectivity index (χ1v) is 10.4. The van der Waals surface area contributed by atoms with Crippen molar-refractivity contribution >= 4 is 17.9 Å². The first-order chi connectivity index (χ1) is 15.9. The molecule has 0 saturated carbocycles. The summed E-state index contributed by atoms with van der Waals surface area (Å²) in [6.07, 6.45) is 2.95. The third-order valence-corrected chi connectivity index (χ3v) is 5.15. The van der Waals surface area contributed by atoms with E-state index in [0.29, 0.717) is 31.0 Å². The lowest BCUT2D eigenvalue weighted by atomic mass is 9.98. The maximum Gasteiger partial charge on any atom is 0.573 e. The Labute approximate surface area is 188 Å². The van der Waals surface area contributed by atoms with Gasteiger partial charge in [-0.05, 0) is 48.8 Å². The lowest BCUT2D eigenvalue weighted by molar-refractivity contribution is -0.274. The largest absolute Gasteiger partial charge is 0.573 e. The molecule has 176 valence electrons. The molecule has 1 amide bonds. The van der Waals surface area contributed by atoms with Crippen LogP contribution in [0.1, 0.15) is 12.8 Å². The lowest BCUT2D eigenvalue weighted by Crippen LogP contribution is -2.40. The molecule has 1 saturated heterocycles. The Bertz CT molecular complexity index is 980. The van der Waals surface area contributed by atoms with Crippen molar-refractivity contribution in [3.8, 4) is 5.75 Å². The maximum absolute atomic E-state index is 12.8. The Balaban J connectivity index is 1.46. The Morgan fingerprint density at radius 1 is 1.18 bits per heavy atom. The second-order valence-electron chi connectivity index (χ2n) is 7.53. The highest BCUT2D eigenvalue weighted by Gasteiger charge is 2.31. The summed E-state index contributed by atoms with van der Waals surface area (Å²) in [5.74, 6) is -0.798. The number of hydrogen-bond acceptors (Lipinski definition) is 7. The third-order valence-electron chi connectivity index (χ3n) is 5.15. The molecule has 1 aromatic carbocycles. The number of dihydropyridines is 1. The molecule has 3 N–H and O–H groups in total. The number of ether oxygens (including phenoxy) is 3. The highest BCUT2D eigenvalue weighted by atomic mass is 19.4. The van der Waals surface area contributed by atoms with Crippen molar-refractivity contribution in [2.75, 3.05) is 25.1 Å². The van der Waals surface area contributed by atoms with Gasteiger partial charge in [0.25, 0.3) is 5.91 Å². The summed E-state index contributed by atoms with van der Waals surface area (Å²) >= 11 is 0. The highest BCUT2D eigenvalue weighted by molar-refractivity contribution is 6.06. The van der Waals surface area contributed by atoms with Gasteiger partial charge in [0.2, 0.25) is 0 Å². The van der Waals surface area contributed by atoms with E-state index in [1.54, 1.807) is 24.8 Å². The van der Waals surface area contributed by atoms with Gasteiger partial charge < -0.3 is 30.2 Å². The molecular weight excluding hydrogens is 441 g/mol. The number of rotatable bonds is 6. The van der Waals surface area contributed by atoms with Crippen LogP contribution in [0, 0.1) is 0 Å². The van der Waals surface area contributed by atoms with Crippen molar-refractivity contribution in [1.82, 2.24) is 10.6 Å². The molecule has 1 atom stereocenters. The topological polar surface area (TPSA) is 93.2 Å². The van der Waals surface area contributed by atoms with Gasteiger partial charge in [-0.25, -0.2) is 4.99 Å². The van der Waals surface area contributed by atoms with Crippen molar-refractivity contribution in [3.63, 3.8) is 0 Å². The van der Waals surface area contributed by atoms with Crippen LogP contribution in [0.5, 0.6) is 5.75 Å². The molecule has 0 radical (unpaired) electrons. The number of halogens is 3. The van der Waals surface area contributed by atoms with E-state index >= 15 is 0 Å². The van der Waals surface area contributed by atoms with Crippen LogP contribution >= 0.6 is 0 Å². The number of hydrogen-bond donors (Lipinski definition) is 3. The summed E-state index contributed by atoms with van der Waals surface area (Å²) in [5, 5.41) is 8.86. The van der Waals surface area contributed by atoms with E-state index < -0.39 is 18.5 Å². The molecule has 3 aliphatic rings. The average Bonchev–Trinajstić information content (AvgIpc) is 2.81. The van der Waals surface area contributed by atoms with Gasteiger partial charge in [-0.2, -0.15) is 0 Å². The minimum atomic E-state index is -4.78. The quantitative estimate of drug-likeness (QED) is 0.600. The van der Waals surface area contributed by atoms with E-state index in [0.717, 1.165) is 36.1 Å². The summed E-state index contributed by atoms with van der Waals surface area (Å²) in [7, 11) is 0. The van der Waals surface area contributed by atoms with E-state index in [1.165, 1.54) is 12.1 Å². The smallest absolute Gasteiger partial charge is 0.406 e. The molecule has 0 aromatic heterocycles. The molecule has 0 bridgehead atoms. The van der Waals surface area contributed by atoms with Gasteiger partial charge in [-0.1, -0.05) is 0 Å². The first kappa shape index (κ1) is 22.9. The number of alkyl halides is 3. The molecule has 0 aliphatic carbocycles. The first-order valence-electron chi connectivity index (χ1n) is 10.4. The average molecular weight is 464 g/mol. The van der Waals surface area contributed by atoms with Crippen LogP contribution in [0.2, 0.25) is 0 Å². The molecule has 3 heterocycles. The maximum atomic E-state index is 12.8. The van der Waals surface area contributed by atoms with Crippen LogP contribution in [-0.4, -0.2) is 50.7 Å². The molecule has 4 rings (SSSR count). The van der Waals surface area contributed by atoms with Gasteiger partial charge in [-0.3, -0.25) is 4.79 Å². The minimum absolute atomic E-state index is 0.0292. The molecule has 8 nitrogen and oxygen atoms in total. The third kappa shape index (κ3) is 6.36. The lowest BCUT2D eigenvalue weighted by Gasteiger charge is -2.32. The summed E-state index contributed by atoms with van der Waals surface area (Å²) < 4.78 is 52.4. The van der Waals surface area contributed by atoms with Gasteiger partial charge in [0.05, 0.1) is 18.0 Å². The standard InChI is InChI=1S/C22H23F3N4O4/c23-22(24,25)33-18-3-1-16(2-4-18)29-20(30)14-9-19(15-10-26-13-27-11-15)21(28-12-14)32-17-5-7-31-8-6-17/h1-4,9-10,12-13,17,21,28H,5-8,11H2,(H,26,27)(H,29,30). The zero-order valence-corrected chi connectivity index (χ0v) is 17.5. The monoisotopic (exact) mass is 464 g/mol. The predicted molar refractivity (Wildman–Crippen MR) is 114 cm³/mol. The van der Waals surface area contributed by atoms with Crippen LogP contribution in [0.25, 0.3) is 0 Å². The number of carbonyl (C=O) groups is 1. The van der Waals surface area contributed by atoms with Crippen molar-refractivity contribution in [1.29, 1.82) is 0 Å². The Morgan fingerprint density at radius 3 is 2.61 bits per heavy atom. The zero-order valence-electron chi connectivity index (χ0n) is 17.5. The Morgan fingerprint density at radius 2 is 1.94 bits per heavy atom. The number of aliphatic imine (C=N–C) groups is 1. The van der Waals surface area contributed by atoms with E-state index in [4.69, 9.17) is 9.47 Å². The fourth-order valence-corrected chi connectivity index (χ4v) is 3.55. The van der Waals surface area contributed by atoms with Gasteiger partial charge in [0, 0.05) is 43.4 Å². The van der Waals surface area contributed by atoms with Gasteiger partial charge in [-0.15, -0.1) is 13.2 Å². The van der Waals surface area contributed by atoms with Crippen molar-refractivity contribution in [2.45, 2.75) is 31.5 Å². The van der Waals surface area contributed by atoms with Crippen LogP contribution in [0.15, 0.2) is 64.5 Å². The van der Waals surface area contributed by atoms with Crippen molar-refractivity contribution < 1.29 is 32.2 Å². The molecule has 1 aromatic rings. The number of benzene rings is 1. The molecule has 0 spiro atoms. The van der Waals surface area contributed by atoms with Crippen molar-refractivity contribution in [3.05, 3.63) is 59.5 Å². The van der Waals surface area contributed by atoms with Gasteiger partial charge in [0.15, 0.2) is 6.23 Å².